The van der Waals surface area contributed by atoms with Crippen LogP contribution in [-0.4, -0.2) is 20.9 Å². The van der Waals surface area contributed by atoms with Crippen molar-refractivity contribution >= 4 is 11.8 Å². The molecule has 0 atom stereocenters. The summed E-state index contributed by atoms with van der Waals surface area (Å²) in [7, 11) is 0. The highest BCUT2D eigenvalue weighted by Gasteiger charge is 2.15. The van der Waals surface area contributed by atoms with Gasteiger partial charge in [-0.05, 0) is 0 Å². The Balaban J connectivity index is 3.80. The molecule has 0 aliphatic rings. The maximum Gasteiger partial charge on any atom is 0.344 e. The van der Waals surface area contributed by atoms with Crippen LogP contribution in [-0.2, 0) is 0 Å². The molecule has 1 heterocycles. The molecule has 80 valence electrons. The zero-order valence-corrected chi connectivity index (χ0v) is 7.98. The highest BCUT2D eigenvalue weighted by Crippen LogP contribution is 1.86. The molecule has 0 spiro atoms. The summed E-state index contributed by atoms with van der Waals surface area (Å²) in [4.78, 5) is 44.2. The summed E-state index contributed by atoms with van der Waals surface area (Å²) in [5.74, 6) is -3.06. The third-order valence-corrected chi connectivity index (χ3v) is 1.70. The quantitative estimate of drug-likeness (QED) is 0.581. The smallest absolute Gasteiger partial charge is 0.274 e. The van der Waals surface area contributed by atoms with E-state index in [1.807, 2.05) is 0 Å². The third-order valence-electron chi connectivity index (χ3n) is 1.70. The van der Waals surface area contributed by atoms with Crippen LogP contribution in [0.25, 0.3) is 0 Å². The molecule has 6 nitrogen and oxygen atoms in total. The number of nitrogens with zero attached hydrogens (tertiary/aromatic N) is 2. The van der Waals surface area contributed by atoms with Crippen molar-refractivity contribution in [2.75, 3.05) is 0 Å². The summed E-state index contributed by atoms with van der Waals surface area (Å²) < 4.78 is 13.4. The summed E-state index contributed by atoms with van der Waals surface area (Å²) in [6, 6.07) is 0. The number of carbonyl (C=O) groups is 2. The van der Waals surface area contributed by atoms with Crippen LogP contribution in [0.2, 0.25) is 0 Å². The molecule has 0 aliphatic carbocycles. The maximum atomic E-state index is 12.9. The molecule has 0 saturated heterocycles. The van der Waals surface area contributed by atoms with Crippen molar-refractivity contribution in [3.05, 3.63) is 32.9 Å². The molecule has 0 radical (unpaired) electrons. The predicted octanol–water partition coefficient (Wildman–Crippen LogP) is -0.531. The Labute approximate surface area is 82.6 Å². The molecule has 0 aromatic carbocycles. The molecule has 0 amide bonds. The molecule has 0 bridgehead atoms. The number of halogens is 1. The van der Waals surface area contributed by atoms with Crippen LogP contribution in [0.4, 0.5) is 4.39 Å². The van der Waals surface area contributed by atoms with Gasteiger partial charge in [0.1, 0.15) is 0 Å². The maximum absolute atomic E-state index is 12.9. The standard InChI is InChI=1S/C8H7FN2O4/c1-4(12)10-3-6(9)7(14)11(5(2)13)8(10)15/h3H,1-2H3. The number of carbonyl (C=O) groups excluding carboxylic acids is 2. The van der Waals surface area contributed by atoms with E-state index in [4.69, 9.17) is 0 Å². The monoisotopic (exact) mass is 214 g/mol. The Bertz CT molecular complexity index is 555. The molecule has 1 aromatic rings. The Hall–Kier alpha value is -2.05. The lowest BCUT2D eigenvalue weighted by Crippen LogP contribution is -2.45. The fourth-order valence-electron chi connectivity index (χ4n) is 1.03. The van der Waals surface area contributed by atoms with Gasteiger partial charge in [0.25, 0.3) is 5.56 Å². The van der Waals surface area contributed by atoms with E-state index in [0.29, 0.717) is 10.8 Å². The molecule has 1 rings (SSSR count). The van der Waals surface area contributed by atoms with Crippen molar-refractivity contribution in [3.63, 3.8) is 0 Å². The summed E-state index contributed by atoms with van der Waals surface area (Å²) in [5.41, 5.74) is -2.52. The predicted molar refractivity (Wildman–Crippen MR) is 47.5 cm³/mol. The van der Waals surface area contributed by atoms with Crippen molar-refractivity contribution in [2.24, 2.45) is 0 Å². The SMILES string of the molecule is CC(=O)n1cc(F)c(=O)n(C(C)=O)c1=O. The van der Waals surface area contributed by atoms with Crippen LogP contribution in [0.1, 0.15) is 23.4 Å². The van der Waals surface area contributed by atoms with Gasteiger partial charge in [0.05, 0.1) is 6.20 Å². The first kappa shape index (κ1) is 11.0. The second-order valence-corrected chi connectivity index (χ2v) is 2.81. The second-order valence-electron chi connectivity index (χ2n) is 2.81. The van der Waals surface area contributed by atoms with Gasteiger partial charge in [-0.25, -0.2) is 9.36 Å². The molecule has 0 fully saturated rings. The van der Waals surface area contributed by atoms with Gasteiger partial charge < -0.3 is 0 Å². The average molecular weight is 214 g/mol. The molecule has 7 heteroatoms. The zero-order chi connectivity index (χ0) is 11.7. The summed E-state index contributed by atoms with van der Waals surface area (Å²) in [6.07, 6.45) is 0.465. The first-order chi connectivity index (χ1) is 6.86. The Morgan fingerprint density at radius 2 is 1.73 bits per heavy atom. The van der Waals surface area contributed by atoms with E-state index in [2.05, 4.69) is 0 Å². The molecule has 15 heavy (non-hydrogen) atoms. The number of rotatable bonds is 0. The van der Waals surface area contributed by atoms with E-state index in [-0.39, 0.29) is 4.57 Å². The van der Waals surface area contributed by atoms with Crippen molar-refractivity contribution < 1.29 is 14.0 Å². The Morgan fingerprint density at radius 1 is 1.20 bits per heavy atom. The molecule has 0 saturated carbocycles. The fraction of sp³-hybridized carbons (Fsp3) is 0.250. The second kappa shape index (κ2) is 3.60. The lowest BCUT2D eigenvalue weighted by atomic mass is 10.5. The van der Waals surface area contributed by atoms with Crippen LogP contribution >= 0.6 is 0 Å². The van der Waals surface area contributed by atoms with E-state index in [1.165, 1.54) is 0 Å². The summed E-state index contributed by atoms with van der Waals surface area (Å²) in [6.45, 7) is 1.93. The van der Waals surface area contributed by atoms with E-state index >= 15 is 0 Å². The van der Waals surface area contributed by atoms with Crippen LogP contribution in [0.5, 0.6) is 0 Å². The summed E-state index contributed by atoms with van der Waals surface area (Å²) >= 11 is 0. The van der Waals surface area contributed by atoms with Gasteiger partial charge in [0.15, 0.2) is 0 Å². The minimum Gasteiger partial charge on any atom is -0.274 e. The Kier molecular flexibility index (Phi) is 2.65. The van der Waals surface area contributed by atoms with Crippen molar-refractivity contribution in [1.82, 2.24) is 9.13 Å². The number of aromatic nitrogens is 2. The average Bonchev–Trinajstić information content (AvgIpc) is 2.10. The highest BCUT2D eigenvalue weighted by molar-refractivity contribution is 5.78. The topological polar surface area (TPSA) is 78.1 Å². The lowest BCUT2D eigenvalue weighted by Gasteiger charge is -2.03. The third kappa shape index (κ3) is 1.76. The van der Waals surface area contributed by atoms with Crippen LogP contribution in [0.15, 0.2) is 15.8 Å². The van der Waals surface area contributed by atoms with Crippen LogP contribution in [0, 0.1) is 5.82 Å². The minimum absolute atomic E-state index is 0.0662. The molecular formula is C8H7FN2O4. The number of hydrogen-bond acceptors (Lipinski definition) is 4. The van der Waals surface area contributed by atoms with Crippen molar-refractivity contribution in [3.8, 4) is 0 Å². The molecular weight excluding hydrogens is 207 g/mol. The van der Waals surface area contributed by atoms with Gasteiger partial charge in [0.2, 0.25) is 17.6 Å². The number of hydrogen-bond donors (Lipinski definition) is 0. The van der Waals surface area contributed by atoms with Crippen LogP contribution in [0.3, 0.4) is 0 Å². The highest BCUT2D eigenvalue weighted by atomic mass is 19.1. The molecule has 0 N–H and O–H groups in total. The normalized spacial score (nSPS) is 10.1. The Morgan fingerprint density at radius 3 is 2.13 bits per heavy atom. The van der Waals surface area contributed by atoms with Gasteiger partial charge >= 0.3 is 5.69 Å². The van der Waals surface area contributed by atoms with Gasteiger partial charge in [-0.3, -0.25) is 14.4 Å². The van der Waals surface area contributed by atoms with Crippen LogP contribution < -0.4 is 11.2 Å². The molecule has 0 unspecified atom stereocenters. The van der Waals surface area contributed by atoms with E-state index in [1.54, 1.807) is 0 Å². The minimum atomic E-state index is -1.36. The van der Waals surface area contributed by atoms with Crippen molar-refractivity contribution in [2.45, 2.75) is 13.8 Å². The van der Waals surface area contributed by atoms with Gasteiger partial charge in [-0.15, -0.1) is 0 Å². The van der Waals surface area contributed by atoms with Gasteiger partial charge in [0, 0.05) is 13.8 Å². The van der Waals surface area contributed by atoms with Crippen molar-refractivity contribution in [1.29, 1.82) is 0 Å². The van der Waals surface area contributed by atoms with Gasteiger partial charge in [-0.2, -0.15) is 8.96 Å². The fourth-order valence-corrected chi connectivity index (χ4v) is 1.03. The molecule has 0 aliphatic heterocycles. The van der Waals surface area contributed by atoms with E-state index in [0.717, 1.165) is 13.8 Å². The van der Waals surface area contributed by atoms with E-state index in [9.17, 15) is 23.6 Å². The van der Waals surface area contributed by atoms with Gasteiger partial charge in [-0.1, -0.05) is 0 Å². The first-order valence-corrected chi connectivity index (χ1v) is 3.92. The summed E-state index contributed by atoms with van der Waals surface area (Å²) in [5, 5.41) is 0. The lowest BCUT2D eigenvalue weighted by molar-refractivity contribution is 0.0903. The zero-order valence-electron chi connectivity index (χ0n) is 7.98. The largest absolute Gasteiger partial charge is 0.344 e. The van der Waals surface area contributed by atoms with E-state index < -0.39 is 28.9 Å². The molecule has 1 aromatic heterocycles. The first-order valence-electron chi connectivity index (χ1n) is 3.92.